The number of carbonyl (C=O) groups excluding carboxylic acids is 1. The van der Waals surface area contributed by atoms with Gasteiger partial charge in [0, 0.05) is 19.2 Å². The van der Waals surface area contributed by atoms with Crippen LogP contribution in [0.3, 0.4) is 0 Å². The standard InChI is InChI=1S/C29H35ClN4O4Si/c1-21-24(34(28(35)38-21)26-19-25(30)31-27(32-26)33-15-17-36-18-16-33)20-37-39(29(2,3)4,22-11-7-5-8-12-22)23-13-9-6-10-14-23/h5-14,19,21,24H,15-18,20H2,1-4H3. The van der Waals surface area contributed by atoms with Crippen molar-refractivity contribution in [2.75, 3.05) is 42.7 Å². The van der Waals surface area contributed by atoms with E-state index in [1.807, 2.05) is 24.0 Å². The first-order chi connectivity index (χ1) is 18.7. The van der Waals surface area contributed by atoms with E-state index < -0.39 is 26.6 Å². The normalized spacial score (nSPS) is 20.3. The Balaban J connectivity index is 1.52. The van der Waals surface area contributed by atoms with Gasteiger partial charge in [-0.2, -0.15) is 4.98 Å². The molecule has 8 nitrogen and oxygen atoms in total. The maximum absolute atomic E-state index is 13.2. The number of anilines is 2. The third-order valence-corrected chi connectivity index (χ3v) is 12.7. The minimum atomic E-state index is -2.82. The van der Waals surface area contributed by atoms with E-state index in [4.69, 9.17) is 30.5 Å². The molecule has 0 bridgehead atoms. The van der Waals surface area contributed by atoms with Crippen molar-refractivity contribution < 1.29 is 18.7 Å². The molecule has 206 valence electrons. The number of carbonyl (C=O) groups is 1. The van der Waals surface area contributed by atoms with Gasteiger partial charge in [-0.1, -0.05) is 93.0 Å². The lowest BCUT2D eigenvalue weighted by Crippen LogP contribution is -2.67. The number of morpholine rings is 1. The molecule has 2 saturated heterocycles. The number of aromatic nitrogens is 2. The first-order valence-corrected chi connectivity index (χ1v) is 15.6. The van der Waals surface area contributed by atoms with Gasteiger partial charge < -0.3 is 18.8 Å². The lowest BCUT2D eigenvalue weighted by Gasteiger charge is -2.44. The number of amides is 1. The van der Waals surface area contributed by atoms with Crippen LogP contribution >= 0.6 is 11.6 Å². The van der Waals surface area contributed by atoms with Crippen LogP contribution in [0.5, 0.6) is 0 Å². The van der Waals surface area contributed by atoms with Crippen LogP contribution in [0.15, 0.2) is 66.7 Å². The fourth-order valence-electron chi connectivity index (χ4n) is 5.51. The average Bonchev–Trinajstić information content (AvgIpc) is 3.22. The van der Waals surface area contributed by atoms with Crippen molar-refractivity contribution in [1.82, 2.24) is 9.97 Å². The van der Waals surface area contributed by atoms with Crippen molar-refractivity contribution in [3.8, 4) is 0 Å². The van der Waals surface area contributed by atoms with Crippen LogP contribution in [0.25, 0.3) is 0 Å². The Morgan fingerprint density at radius 2 is 1.59 bits per heavy atom. The van der Waals surface area contributed by atoms with Crippen molar-refractivity contribution in [1.29, 1.82) is 0 Å². The van der Waals surface area contributed by atoms with E-state index in [9.17, 15) is 4.79 Å². The number of halogens is 1. The smallest absolute Gasteiger partial charge is 0.416 e. The monoisotopic (exact) mass is 566 g/mol. The van der Waals surface area contributed by atoms with E-state index in [-0.39, 0.29) is 16.8 Å². The maximum Gasteiger partial charge on any atom is 0.416 e. The first-order valence-electron chi connectivity index (χ1n) is 13.3. The van der Waals surface area contributed by atoms with Gasteiger partial charge >= 0.3 is 6.09 Å². The summed E-state index contributed by atoms with van der Waals surface area (Å²) in [4.78, 5) is 25.9. The van der Waals surface area contributed by atoms with Gasteiger partial charge in [0.15, 0.2) is 0 Å². The second-order valence-corrected chi connectivity index (χ2v) is 15.6. The van der Waals surface area contributed by atoms with Crippen LogP contribution in [-0.4, -0.2) is 69.4 Å². The second kappa shape index (κ2) is 11.2. The van der Waals surface area contributed by atoms with E-state index in [2.05, 4.69) is 74.3 Å². The number of ether oxygens (including phenoxy) is 2. The van der Waals surface area contributed by atoms with Crippen molar-refractivity contribution in [3.63, 3.8) is 0 Å². The fourth-order valence-corrected chi connectivity index (χ4v) is 10.3. The van der Waals surface area contributed by atoms with Gasteiger partial charge in [-0.3, -0.25) is 4.90 Å². The lowest BCUT2D eigenvalue weighted by molar-refractivity contribution is 0.122. The zero-order valence-corrected chi connectivity index (χ0v) is 24.6. The summed E-state index contributed by atoms with van der Waals surface area (Å²) in [7, 11) is -2.82. The summed E-state index contributed by atoms with van der Waals surface area (Å²) in [6.07, 6.45) is -0.877. The molecule has 0 saturated carbocycles. The van der Waals surface area contributed by atoms with E-state index in [1.54, 1.807) is 11.0 Å². The summed E-state index contributed by atoms with van der Waals surface area (Å²) in [6, 6.07) is 22.1. The molecule has 0 aliphatic carbocycles. The average molecular weight is 567 g/mol. The lowest BCUT2D eigenvalue weighted by atomic mass is 10.2. The van der Waals surface area contributed by atoms with Gasteiger partial charge in [-0.25, -0.2) is 9.78 Å². The second-order valence-electron chi connectivity index (χ2n) is 10.9. The molecule has 39 heavy (non-hydrogen) atoms. The van der Waals surface area contributed by atoms with Crippen molar-refractivity contribution >= 4 is 48.2 Å². The Morgan fingerprint density at radius 1 is 1.00 bits per heavy atom. The van der Waals surface area contributed by atoms with E-state index in [0.29, 0.717) is 38.1 Å². The molecule has 3 heterocycles. The Morgan fingerprint density at radius 3 is 2.15 bits per heavy atom. The number of cyclic esters (lactones) is 1. The fraction of sp³-hybridized carbons (Fsp3) is 0.414. The van der Waals surface area contributed by atoms with E-state index in [0.717, 1.165) is 0 Å². The van der Waals surface area contributed by atoms with Crippen LogP contribution in [0.4, 0.5) is 16.6 Å². The predicted molar refractivity (Wildman–Crippen MR) is 156 cm³/mol. The summed E-state index contributed by atoms with van der Waals surface area (Å²) < 4.78 is 18.3. The molecule has 2 atom stereocenters. The quantitative estimate of drug-likeness (QED) is 0.312. The number of benzene rings is 2. The van der Waals surface area contributed by atoms with Gasteiger partial charge in [0.2, 0.25) is 5.95 Å². The highest BCUT2D eigenvalue weighted by Gasteiger charge is 2.52. The van der Waals surface area contributed by atoms with Crippen molar-refractivity contribution in [2.45, 2.75) is 44.9 Å². The van der Waals surface area contributed by atoms with E-state index in [1.165, 1.54) is 10.4 Å². The number of hydrogen-bond donors (Lipinski definition) is 0. The molecule has 2 aliphatic rings. The maximum atomic E-state index is 13.2. The minimum Gasteiger partial charge on any atom is -0.444 e. The number of hydrogen-bond acceptors (Lipinski definition) is 7. The van der Waals surface area contributed by atoms with Gasteiger partial charge in [-0.15, -0.1) is 0 Å². The molecule has 2 fully saturated rings. The molecule has 1 amide bonds. The minimum absolute atomic E-state index is 0.199. The molecule has 10 heteroatoms. The highest BCUT2D eigenvalue weighted by atomic mass is 35.5. The van der Waals surface area contributed by atoms with Crippen molar-refractivity contribution in [2.24, 2.45) is 0 Å². The molecule has 1 aromatic heterocycles. The molecule has 2 unspecified atom stereocenters. The van der Waals surface area contributed by atoms with Gasteiger partial charge in [0.05, 0.1) is 19.8 Å². The van der Waals surface area contributed by atoms with Gasteiger partial charge in [0.1, 0.15) is 23.1 Å². The zero-order valence-electron chi connectivity index (χ0n) is 22.8. The summed E-state index contributed by atoms with van der Waals surface area (Å²) in [5.41, 5.74) is 0. The van der Waals surface area contributed by atoms with Gasteiger partial charge in [-0.05, 0) is 22.3 Å². The molecule has 0 N–H and O–H groups in total. The molecular weight excluding hydrogens is 532 g/mol. The third kappa shape index (κ3) is 5.41. The molecule has 2 aliphatic heterocycles. The van der Waals surface area contributed by atoms with Crippen molar-refractivity contribution in [3.05, 3.63) is 71.9 Å². The van der Waals surface area contributed by atoms with Gasteiger partial charge in [0.25, 0.3) is 8.32 Å². The highest BCUT2D eigenvalue weighted by Crippen LogP contribution is 2.38. The summed E-state index contributed by atoms with van der Waals surface area (Å²) >= 11 is 6.44. The molecule has 0 radical (unpaired) electrons. The van der Waals surface area contributed by atoms with Crippen LogP contribution in [0.2, 0.25) is 10.2 Å². The largest absolute Gasteiger partial charge is 0.444 e. The summed E-state index contributed by atoms with van der Waals surface area (Å²) in [5, 5.41) is 2.41. The first kappa shape index (κ1) is 27.6. The zero-order chi connectivity index (χ0) is 27.6. The topological polar surface area (TPSA) is 77.0 Å². The molecular formula is C29H35ClN4O4Si. The molecule has 2 aromatic carbocycles. The Bertz CT molecular complexity index is 1250. The third-order valence-electron chi connectivity index (χ3n) is 7.45. The van der Waals surface area contributed by atoms with Crippen LogP contribution in [0, 0.1) is 0 Å². The van der Waals surface area contributed by atoms with E-state index >= 15 is 0 Å². The predicted octanol–water partition coefficient (Wildman–Crippen LogP) is 4.26. The van der Waals surface area contributed by atoms with Crippen LogP contribution < -0.4 is 20.2 Å². The van der Waals surface area contributed by atoms with Crippen LogP contribution in [0.1, 0.15) is 27.7 Å². The summed E-state index contributed by atoms with van der Waals surface area (Å²) in [6.45, 7) is 11.3. The molecule has 3 aromatic rings. The van der Waals surface area contributed by atoms with Crippen LogP contribution in [-0.2, 0) is 13.9 Å². The highest BCUT2D eigenvalue weighted by molar-refractivity contribution is 6.99. The molecule has 0 spiro atoms. The Labute approximate surface area is 236 Å². The summed E-state index contributed by atoms with van der Waals surface area (Å²) in [5.74, 6) is 0.877. The Kier molecular flexibility index (Phi) is 7.95. The Hall–Kier alpha value is -2.98. The molecule has 5 rings (SSSR count). The SMILES string of the molecule is CC1OC(=O)N(c2cc(Cl)nc(N3CCOCC3)n2)C1CO[Si](c1ccccc1)(c1ccccc1)C(C)(C)C. The number of rotatable bonds is 7. The number of nitrogens with zero attached hydrogens (tertiary/aromatic N) is 4.